The number of carbonyl (C=O) groups excluding carboxylic acids is 12. The normalized spacial score (nSPS) is 37.4. The van der Waals surface area contributed by atoms with Gasteiger partial charge < -0.3 is 61.6 Å². The van der Waals surface area contributed by atoms with Gasteiger partial charge in [-0.05, 0) is 228 Å². The molecule has 5 saturated heterocycles. The highest BCUT2D eigenvalue weighted by Crippen LogP contribution is 2.64. The second-order valence-electron chi connectivity index (χ2n) is 37.9. The van der Waals surface area contributed by atoms with Crippen LogP contribution in [0.5, 0.6) is 0 Å². The average molecular weight is 1530 g/mol. The number of hydrogen-bond acceptors (Lipinski definition) is 25. The van der Waals surface area contributed by atoms with E-state index in [1.807, 2.05) is 83.1 Å². The van der Waals surface area contributed by atoms with Gasteiger partial charge in [-0.25, -0.2) is 9.59 Å². The van der Waals surface area contributed by atoms with Crippen molar-refractivity contribution in [2.24, 2.45) is 126 Å². The molecule has 23 unspecified atom stereocenters. The molecule has 610 valence electrons. The number of rotatable bonds is 21. The zero-order chi connectivity index (χ0) is 79.5. The first-order valence-corrected chi connectivity index (χ1v) is 41.1. The maximum absolute atomic E-state index is 12.3. The molecule has 10 bridgehead atoms. The summed E-state index contributed by atoms with van der Waals surface area (Å²) in [6.45, 7) is 32.6. The van der Waals surface area contributed by atoms with Crippen LogP contribution in [0.1, 0.15) is 239 Å². The predicted molar refractivity (Wildman–Crippen MR) is 387 cm³/mol. The largest absolute Gasteiger partial charge is 0.465 e. The van der Waals surface area contributed by atoms with Gasteiger partial charge in [-0.1, -0.05) is 34.6 Å². The quantitative estimate of drug-likeness (QED) is 0.0761. The molecule has 3 spiro atoms. The van der Waals surface area contributed by atoms with Gasteiger partial charge >= 0.3 is 71.6 Å². The number of fused-ring (bicyclic) bond motifs is 19. The number of hydrogen-bond donors (Lipinski definition) is 0. The Morgan fingerprint density at radius 1 is 0.413 bits per heavy atom. The third kappa shape index (κ3) is 16.4. The van der Waals surface area contributed by atoms with Crippen LogP contribution in [0.25, 0.3) is 0 Å². The van der Waals surface area contributed by atoms with Gasteiger partial charge in [-0.3, -0.25) is 47.9 Å². The summed E-state index contributed by atoms with van der Waals surface area (Å²) in [4.78, 5) is 144. The summed E-state index contributed by atoms with van der Waals surface area (Å²) >= 11 is 0. The van der Waals surface area contributed by atoms with Crippen LogP contribution in [0.2, 0.25) is 0 Å². The Kier molecular flexibility index (Phi) is 24.7. The van der Waals surface area contributed by atoms with E-state index in [2.05, 4.69) is 0 Å². The zero-order valence-electron chi connectivity index (χ0n) is 67.6. The molecule has 10 aliphatic carbocycles. The SMILES string of the molecule is CCC(C)(C)C(=O)OC1CC2CC1C1(CCOC1=O)C2.CCC(C)(C)C(=O)OC1CC2CC1C1(COC(=O)C1)C2.CCC(C)(C)C(=O)OC1CC2CC1CC21CCOC1=O.CCC(C)(C)C(=O)OCC(=O)OC1CC2CC1C1C(=O)OCC21.CCOC1C2CC(C3COC(=O)C32)C1OC(=O)COC(=O)C(C)(C)CC. The molecular formula is C84H124O25. The van der Waals surface area contributed by atoms with E-state index in [0.29, 0.717) is 100 Å². The summed E-state index contributed by atoms with van der Waals surface area (Å²) in [7, 11) is 0. The Labute approximate surface area is 642 Å². The molecule has 25 heteroatoms. The van der Waals surface area contributed by atoms with Gasteiger partial charge in [-0.15, -0.1) is 0 Å². The summed E-state index contributed by atoms with van der Waals surface area (Å²) in [6.07, 6.45) is 15.9. The van der Waals surface area contributed by atoms with Crippen LogP contribution in [0, 0.1) is 126 Å². The van der Waals surface area contributed by atoms with Crippen LogP contribution in [0.3, 0.4) is 0 Å². The fraction of sp³-hybridized carbons (Fsp3) is 0.857. The topological polar surface area (TPSA) is 325 Å². The summed E-state index contributed by atoms with van der Waals surface area (Å²) in [6, 6.07) is 0. The van der Waals surface area contributed by atoms with Crippen molar-refractivity contribution >= 4 is 71.6 Å². The molecule has 109 heavy (non-hydrogen) atoms. The van der Waals surface area contributed by atoms with Crippen molar-refractivity contribution in [1.29, 1.82) is 0 Å². The van der Waals surface area contributed by atoms with Crippen molar-refractivity contribution < 1.29 is 119 Å². The lowest BCUT2D eigenvalue weighted by molar-refractivity contribution is -0.177. The minimum absolute atomic E-state index is 0.0105. The molecule has 5 heterocycles. The van der Waals surface area contributed by atoms with Gasteiger partial charge in [0, 0.05) is 53.4 Å². The standard InChI is InChI=1S/C19H28O7.C17H24O6.3C16H24O4/c1-5-19(3,4)18(22)25-9-13(20)26-16-10-7-11(15(16)23-6-2)14-12(10)8-24-17(14)21;1-4-17(2,3)16(20)22-8-13(18)23-12-6-9-5-10(12)14-11(9)7-21-15(14)19;1-4-15(2,3)14(18)20-12-6-10-5-11(12)16(7-10)8-13(17)19-9-16;1-4-15(2,3)13(17)20-12-8-11-7-10(12)9-16(11)5-6-19-14(16)18;1-4-15(2,3)13(17)20-12-8-10-7-11(12)16(9-10)5-6-19-14(16)18/h10-12,14-16H,5-9H2,1-4H3;9-12,14H,4-8H2,1-3H3;3*10-12H,4-9H2,1-3H3. The van der Waals surface area contributed by atoms with E-state index in [9.17, 15) is 57.5 Å². The molecule has 5 aliphatic heterocycles. The van der Waals surface area contributed by atoms with Crippen molar-refractivity contribution in [1.82, 2.24) is 0 Å². The number of ether oxygens (including phenoxy) is 13. The average Bonchev–Trinajstić information content (AvgIpc) is 1.58. The molecule has 25 nitrogen and oxygen atoms in total. The van der Waals surface area contributed by atoms with Crippen LogP contribution in [0.4, 0.5) is 0 Å². The van der Waals surface area contributed by atoms with E-state index < -0.39 is 63.7 Å². The molecule has 0 aromatic heterocycles. The van der Waals surface area contributed by atoms with Crippen molar-refractivity contribution in [2.75, 3.05) is 52.9 Å². The molecule has 0 aromatic carbocycles. The molecule has 23 atom stereocenters. The molecule has 0 amide bonds. The second kappa shape index (κ2) is 32.2. The van der Waals surface area contributed by atoms with Gasteiger partial charge in [0.25, 0.3) is 0 Å². The Morgan fingerprint density at radius 3 is 1.38 bits per heavy atom. The predicted octanol–water partition coefficient (Wildman–Crippen LogP) is 11.5. The number of cyclic esters (lactones) is 5. The summed E-state index contributed by atoms with van der Waals surface area (Å²) in [5.41, 5.74) is -3.13. The first kappa shape index (κ1) is 83.5. The number of esters is 12. The van der Waals surface area contributed by atoms with Crippen LogP contribution >= 0.6 is 0 Å². The Balaban J connectivity index is 0.000000136. The van der Waals surface area contributed by atoms with E-state index in [-0.39, 0.29) is 143 Å². The van der Waals surface area contributed by atoms with Crippen LogP contribution in [0.15, 0.2) is 0 Å². The van der Waals surface area contributed by atoms with E-state index in [0.717, 1.165) is 109 Å². The van der Waals surface area contributed by atoms with Crippen LogP contribution in [-0.2, 0) is 119 Å². The van der Waals surface area contributed by atoms with E-state index in [1.54, 1.807) is 27.7 Å². The molecule has 15 rings (SSSR count). The maximum Gasteiger partial charge on any atom is 0.344 e. The van der Waals surface area contributed by atoms with Gasteiger partial charge in [0.2, 0.25) is 0 Å². The monoisotopic (exact) mass is 1530 g/mol. The summed E-state index contributed by atoms with van der Waals surface area (Å²) < 4.78 is 70.4. The molecule has 15 aliphatic rings. The molecule has 10 saturated carbocycles. The summed E-state index contributed by atoms with van der Waals surface area (Å²) in [5, 5.41) is 0. The zero-order valence-corrected chi connectivity index (χ0v) is 67.6. The fourth-order valence-corrected chi connectivity index (χ4v) is 21.0. The third-order valence-corrected chi connectivity index (χ3v) is 29.7. The molecule has 0 aromatic rings. The first-order valence-electron chi connectivity index (χ1n) is 41.1. The second-order valence-corrected chi connectivity index (χ2v) is 37.9. The van der Waals surface area contributed by atoms with Gasteiger partial charge in [-0.2, -0.15) is 0 Å². The lowest BCUT2D eigenvalue weighted by Gasteiger charge is -2.37. The lowest BCUT2D eigenvalue weighted by Crippen LogP contribution is -2.46. The fourth-order valence-electron chi connectivity index (χ4n) is 21.0. The van der Waals surface area contributed by atoms with Gasteiger partial charge in [0.05, 0.1) is 95.3 Å². The van der Waals surface area contributed by atoms with Crippen LogP contribution < -0.4 is 0 Å². The van der Waals surface area contributed by atoms with E-state index >= 15 is 0 Å². The smallest absolute Gasteiger partial charge is 0.344 e. The molecule has 15 fully saturated rings. The highest BCUT2D eigenvalue weighted by Gasteiger charge is 2.68. The molecule has 0 N–H and O–H groups in total. The van der Waals surface area contributed by atoms with E-state index in [4.69, 9.17) is 61.6 Å². The van der Waals surface area contributed by atoms with Gasteiger partial charge in [0.1, 0.15) is 30.5 Å². The first-order chi connectivity index (χ1) is 51.3. The minimum atomic E-state index is -0.630. The third-order valence-electron chi connectivity index (χ3n) is 29.7. The Hall–Kier alpha value is -6.40. The van der Waals surface area contributed by atoms with Crippen molar-refractivity contribution in [3.8, 4) is 0 Å². The summed E-state index contributed by atoms with van der Waals surface area (Å²) in [5.74, 6) is 0.265. The molecule has 0 radical (unpaired) electrons. The maximum atomic E-state index is 12.3. The van der Waals surface area contributed by atoms with Crippen molar-refractivity contribution in [3.05, 3.63) is 0 Å². The van der Waals surface area contributed by atoms with Crippen molar-refractivity contribution in [2.45, 2.75) is 276 Å². The molecular weight excluding hydrogens is 1410 g/mol. The lowest BCUT2D eigenvalue weighted by atomic mass is 9.71. The number of carbonyl (C=O) groups is 12. The van der Waals surface area contributed by atoms with E-state index in [1.165, 1.54) is 0 Å². The minimum Gasteiger partial charge on any atom is -0.465 e. The van der Waals surface area contributed by atoms with Crippen molar-refractivity contribution in [3.63, 3.8) is 0 Å². The highest BCUT2D eigenvalue weighted by atomic mass is 16.6. The van der Waals surface area contributed by atoms with Gasteiger partial charge in [0.15, 0.2) is 13.2 Å². The Bertz CT molecular complexity index is 3460. The Morgan fingerprint density at radius 2 is 0.899 bits per heavy atom. The van der Waals surface area contributed by atoms with Crippen LogP contribution in [-0.4, -0.2) is 161 Å². The highest BCUT2D eigenvalue weighted by molar-refractivity contribution is 5.84.